The van der Waals surface area contributed by atoms with Crippen molar-refractivity contribution in [1.29, 1.82) is 0 Å². The van der Waals surface area contributed by atoms with Gasteiger partial charge in [0.15, 0.2) is 0 Å². The van der Waals surface area contributed by atoms with Crippen LogP contribution in [0.4, 0.5) is 0 Å². The molecule has 0 radical (unpaired) electrons. The highest BCUT2D eigenvalue weighted by molar-refractivity contribution is 5.70. The van der Waals surface area contributed by atoms with E-state index in [0.717, 1.165) is 11.1 Å². The van der Waals surface area contributed by atoms with Gasteiger partial charge in [-0.1, -0.05) is 48.9 Å². The van der Waals surface area contributed by atoms with E-state index in [1.54, 1.807) is 6.92 Å². The molecule has 1 N–H and O–H groups in total. The second-order valence-corrected chi connectivity index (χ2v) is 3.84. The molecule has 0 aliphatic rings. The van der Waals surface area contributed by atoms with Gasteiger partial charge in [-0.3, -0.25) is 4.79 Å². The molecule has 0 aliphatic carbocycles. The van der Waals surface area contributed by atoms with Crippen LogP contribution in [-0.4, -0.2) is 11.1 Å². The minimum atomic E-state index is -0.740. The number of carbonyl (C=O) groups is 1. The maximum Gasteiger partial charge on any atom is 0.306 e. The van der Waals surface area contributed by atoms with Gasteiger partial charge in [0, 0.05) is 0 Å². The summed E-state index contributed by atoms with van der Waals surface area (Å²) in [5, 5.41) is 8.77. The molecule has 0 bridgehead atoms. The van der Waals surface area contributed by atoms with Crippen LogP contribution in [0.1, 0.15) is 25.8 Å². The van der Waals surface area contributed by atoms with E-state index in [9.17, 15) is 4.79 Å². The number of aliphatic carboxylic acids is 1. The van der Waals surface area contributed by atoms with Gasteiger partial charge in [0.25, 0.3) is 0 Å². The van der Waals surface area contributed by atoms with Gasteiger partial charge in [-0.15, -0.1) is 0 Å². The Bertz CT molecular complexity index is 352. The summed E-state index contributed by atoms with van der Waals surface area (Å²) in [7, 11) is 0. The van der Waals surface area contributed by atoms with Gasteiger partial charge in [0.1, 0.15) is 0 Å². The summed E-state index contributed by atoms with van der Waals surface area (Å²) >= 11 is 0. The zero-order valence-corrected chi connectivity index (χ0v) is 9.10. The van der Waals surface area contributed by atoms with Crippen molar-refractivity contribution in [2.45, 2.75) is 20.3 Å². The Balaban J connectivity index is 2.65. The van der Waals surface area contributed by atoms with Crippen molar-refractivity contribution in [1.82, 2.24) is 0 Å². The van der Waals surface area contributed by atoms with E-state index in [1.165, 1.54) is 0 Å². The van der Waals surface area contributed by atoms with Crippen LogP contribution in [0.2, 0.25) is 0 Å². The highest BCUT2D eigenvalue weighted by Crippen LogP contribution is 2.14. The van der Waals surface area contributed by atoms with E-state index < -0.39 is 5.97 Å². The third-order valence-corrected chi connectivity index (χ3v) is 2.26. The zero-order chi connectivity index (χ0) is 11.3. The molecule has 1 unspecified atom stereocenters. The van der Waals surface area contributed by atoms with E-state index >= 15 is 0 Å². The normalized spacial score (nSPS) is 13.6. The first kappa shape index (κ1) is 11.5. The lowest BCUT2D eigenvalue weighted by Gasteiger charge is -2.06. The Morgan fingerprint density at radius 3 is 2.53 bits per heavy atom. The van der Waals surface area contributed by atoms with Crippen LogP contribution in [0.15, 0.2) is 35.9 Å². The van der Waals surface area contributed by atoms with Gasteiger partial charge in [0.05, 0.1) is 5.92 Å². The van der Waals surface area contributed by atoms with Crippen molar-refractivity contribution in [3.8, 4) is 0 Å². The van der Waals surface area contributed by atoms with Gasteiger partial charge < -0.3 is 5.11 Å². The molecule has 2 heteroatoms. The summed E-state index contributed by atoms with van der Waals surface area (Å²) in [4.78, 5) is 10.7. The molecule has 0 saturated heterocycles. The molecule has 1 aromatic rings. The van der Waals surface area contributed by atoms with Crippen molar-refractivity contribution in [3.05, 3.63) is 41.5 Å². The summed E-state index contributed by atoms with van der Waals surface area (Å²) in [6.45, 7) is 3.69. The number of benzene rings is 1. The molecule has 15 heavy (non-hydrogen) atoms. The molecule has 1 aromatic carbocycles. The average Bonchev–Trinajstić information content (AvgIpc) is 2.18. The van der Waals surface area contributed by atoms with Crippen molar-refractivity contribution in [2.75, 3.05) is 0 Å². The molecular weight excluding hydrogens is 188 g/mol. The van der Waals surface area contributed by atoms with Crippen LogP contribution in [0.25, 0.3) is 6.08 Å². The van der Waals surface area contributed by atoms with E-state index in [-0.39, 0.29) is 5.92 Å². The van der Waals surface area contributed by atoms with Crippen molar-refractivity contribution in [3.63, 3.8) is 0 Å². The Labute approximate surface area is 90.3 Å². The van der Waals surface area contributed by atoms with Crippen molar-refractivity contribution < 1.29 is 9.90 Å². The standard InChI is InChI=1S/C13H16O2/c1-10(8-11(2)13(14)15)9-12-6-4-3-5-7-12/h3-7,9,11H,8H2,1-2H3,(H,14,15)/b10-9+. The number of carboxylic acids is 1. The fourth-order valence-corrected chi connectivity index (χ4v) is 1.46. The summed E-state index contributed by atoms with van der Waals surface area (Å²) in [6, 6.07) is 9.93. The minimum Gasteiger partial charge on any atom is -0.481 e. The molecule has 0 aliphatic heterocycles. The number of carboxylic acid groups (broad SMARTS) is 1. The van der Waals surface area contributed by atoms with Gasteiger partial charge in [-0.2, -0.15) is 0 Å². The summed E-state index contributed by atoms with van der Waals surface area (Å²) in [5.41, 5.74) is 2.21. The second-order valence-electron chi connectivity index (χ2n) is 3.84. The fraction of sp³-hybridized carbons (Fsp3) is 0.308. The Kier molecular flexibility index (Phi) is 4.10. The first-order valence-electron chi connectivity index (χ1n) is 5.04. The van der Waals surface area contributed by atoms with Crippen LogP contribution < -0.4 is 0 Å². The highest BCUT2D eigenvalue weighted by Gasteiger charge is 2.10. The molecular formula is C13H16O2. The Hall–Kier alpha value is -1.57. The maximum absolute atomic E-state index is 10.7. The number of hydrogen-bond acceptors (Lipinski definition) is 1. The lowest BCUT2D eigenvalue weighted by atomic mass is 10.0. The molecule has 1 rings (SSSR count). The van der Waals surface area contributed by atoms with Crippen LogP contribution >= 0.6 is 0 Å². The lowest BCUT2D eigenvalue weighted by molar-refractivity contribution is -0.141. The largest absolute Gasteiger partial charge is 0.481 e. The Morgan fingerprint density at radius 1 is 1.40 bits per heavy atom. The molecule has 0 saturated carbocycles. The first-order valence-corrected chi connectivity index (χ1v) is 5.04. The minimum absolute atomic E-state index is 0.315. The van der Waals surface area contributed by atoms with Gasteiger partial charge in [-0.25, -0.2) is 0 Å². The highest BCUT2D eigenvalue weighted by atomic mass is 16.4. The molecule has 0 spiro atoms. The van der Waals surface area contributed by atoms with E-state index in [4.69, 9.17) is 5.11 Å². The number of rotatable bonds is 4. The molecule has 80 valence electrons. The summed E-state index contributed by atoms with van der Waals surface area (Å²) < 4.78 is 0. The maximum atomic E-state index is 10.7. The molecule has 2 nitrogen and oxygen atoms in total. The molecule has 0 aromatic heterocycles. The molecule has 0 heterocycles. The summed E-state index contributed by atoms with van der Waals surface area (Å²) in [5.74, 6) is -1.05. The smallest absolute Gasteiger partial charge is 0.306 e. The van der Waals surface area contributed by atoms with Crippen LogP contribution in [0.5, 0.6) is 0 Å². The predicted octanol–water partition coefficient (Wildman–Crippen LogP) is 3.20. The third kappa shape index (κ3) is 3.98. The molecule has 0 fully saturated rings. The summed E-state index contributed by atoms with van der Waals surface area (Å²) in [6.07, 6.45) is 2.63. The first-order chi connectivity index (χ1) is 7.09. The average molecular weight is 204 g/mol. The van der Waals surface area contributed by atoms with Gasteiger partial charge in [-0.05, 0) is 18.9 Å². The van der Waals surface area contributed by atoms with Gasteiger partial charge in [0.2, 0.25) is 0 Å². The SMILES string of the molecule is C/C(=C\c1ccccc1)CC(C)C(=O)O. The van der Waals surface area contributed by atoms with Crippen LogP contribution in [-0.2, 0) is 4.79 Å². The van der Waals surface area contributed by atoms with Crippen LogP contribution in [0, 0.1) is 5.92 Å². The second kappa shape index (κ2) is 5.35. The number of hydrogen-bond donors (Lipinski definition) is 1. The van der Waals surface area contributed by atoms with E-state index in [1.807, 2.05) is 43.3 Å². The van der Waals surface area contributed by atoms with Gasteiger partial charge >= 0.3 is 5.97 Å². The van der Waals surface area contributed by atoms with Crippen molar-refractivity contribution in [2.24, 2.45) is 5.92 Å². The van der Waals surface area contributed by atoms with E-state index in [2.05, 4.69) is 0 Å². The fourth-order valence-electron chi connectivity index (χ4n) is 1.46. The molecule has 0 amide bonds. The molecule has 1 atom stereocenters. The lowest BCUT2D eigenvalue weighted by Crippen LogP contribution is -2.09. The predicted molar refractivity (Wildman–Crippen MR) is 61.5 cm³/mol. The third-order valence-electron chi connectivity index (χ3n) is 2.26. The van der Waals surface area contributed by atoms with E-state index in [0.29, 0.717) is 6.42 Å². The topological polar surface area (TPSA) is 37.3 Å². The quantitative estimate of drug-likeness (QED) is 0.817. The Morgan fingerprint density at radius 2 is 2.00 bits per heavy atom. The zero-order valence-electron chi connectivity index (χ0n) is 9.10. The monoisotopic (exact) mass is 204 g/mol. The van der Waals surface area contributed by atoms with Crippen LogP contribution in [0.3, 0.4) is 0 Å². The number of allylic oxidation sites excluding steroid dienone is 1. The van der Waals surface area contributed by atoms with Crippen molar-refractivity contribution >= 4 is 12.0 Å².